The maximum Gasteiger partial charge on any atom is 0.410 e. The summed E-state index contributed by atoms with van der Waals surface area (Å²) >= 11 is 0. The Morgan fingerprint density at radius 3 is 2.60 bits per heavy atom. The van der Waals surface area contributed by atoms with Crippen LogP contribution in [-0.4, -0.2) is 23.6 Å². The number of amides is 1. The molecule has 0 aromatic heterocycles. The van der Waals surface area contributed by atoms with Gasteiger partial charge in [-0.1, -0.05) is 30.3 Å². The molecule has 1 saturated heterocycles. The molecule has 130 valence electrons. The van der Waals surface area contributed by atoms with Gasteiger partial charge in [-0.2, -0.15) is 0 Å². The van der Waals surface area contributed by atoms with E-state index in [2.05, 4.69) is 6.58 Å². The molecule has 1 aliphatic heterocycles. The van der Waals surface area contributed by atoms with Gasteiger partial charge in [0, 0.05) is 37.6 Å². The second-order valence-electron chi connectivity index (χ2n) is 6.06. The van der Waals surface area contributed by atoms with Gasteiger partial charge in [0.05, 0.1) is 0 Å². The second-order valence-corrected chi connectivity index (χ2v) is 6.06. The first-order valence-corrected chi connectivity index (χ1v) is 8.17. The van der Waals surface area contributed by atoms with E-state index in [0.717, 1.165) is 18.1 Å². The average Bonchev–Trinajstić information content (AvgIpc) is 2.59. The Bertz CT molecular complexity index is 774. The summed E-state index contributed by atoms with van der Waals surface area (Å²) in [4.78, 5) is 13.7. The number of rotatable bonds is 5. The Morgan fingerprint density at radius 1 is 1.20 bits per heavy atom. The van der Waals surface area contributed by atoms with Gasteiger partial charge in [0.25, 0.3) is 0 Å². The van der Waals surface area contributed by atoms with Crippen molar-refractivity contribution in [1.29, 1.82) is 0 Å². The molecule has 1 amide bonds. The number of carbonyl (C=O) groups is 1. The van der Waals surface area contributed by atoms with Gasteiger partial charge in [0.15, 0.2) is 0 Å². The maximum atomic E-state index is 13.8. The number of nitrogens with zero attached hydrogens (tertiary/aromatic N) is 1. The van der Waals surface area contributed by atoms with Crippen molar-refractivity contribution in [3.63, 3.8) is 0 Å². The van der Waals surface area contributed by atoms with E-state index in [9.17, 15) is 13.6 Å². The summed E-state index contributed by atoms with van der Waals surface area (Å²) in [5, 5.41) is 0. The number of ether oxygens (including phenoxy) is 1. The zero-order valence-electron chi connectivity index (χ0n) is 13.8. The van der Waals surface area contributed by atoms with Crippen molar-refractivity contribution in [1.82, 2.24) is 4.90 Å². The third kappa shape index (κ3) is 4.05. The van der Waals surface area contributed by atoms with Crippen LogP contribution in [0.3, 0.4) is 0 Å². The summed E-state index contributed by atoms with van der Waals surface area (Å²) in [7, 11) is 0. The maximum absolute atomic E-state index is 13.8. The zero-order valence-corrected chi connectivity index (χ0v) is 13.8. The second kappa shape index (κ2) is 7.47. The summed E-state index contributed by atoms with van der Waals surface area (Å²) in [5.41, 5.74) is 1.93. The summed E-state index contributed by atoms with van der Waals surface area (Å²) in [5.74, 6) is -1.20. The van der Waals surface area contributed by atoms with Gasteiger partial charge in [-0.15, -0.1) is 6.58 Å². The first-order valence-electron chi connectivity index (χ1n) is 8.17. The van der Waals surface area contributed by atoms with E-state index in [0.29, 0.717) is 30.6 Å². The van der Waals surface area contributed by atoms with Crippen molar-refractivity contribution < 1.29 is 18.3 Å². The van der Waals surface area contributed by atoms with Crippen molar-refractivity contribution in [2.24, 2.45) is 0 Å². The highest BCUT2D eigenvalue weighted by Gasteiger charge is 2.26. The van der Waals surface area contributed by atoms with Crippen LogP contribution in [0.4, 0.5) is 13.6 Å². The predicted molar refractivity (Wildman–Crippen MR) is 91.9 cm³/mol. The minimum atomic E-state index is -0.601. The van der Waals surface area contributed by atoms with E-state index in [1.54, 1.807) is 23.1 Å². The summed E-state index contributed by atoms with van der Waals surface area (Å²) in [6.07, 6.45) is 2.77. The van der Waals surface area contributed by atoms with E-state index in [4.69, 9.17) is 4.74 Å². The number of hydrogen-bond donors (Lipinski definition) is 0. The fraction of sp³-hybridized carbons (Fsp3) is 0.250. The van der Waals surface area contributed by atoms with Crippen LogP contribution in [0.2, 0.25) is 0 Å². The molecule has 1 fully saturated rings. The summed E-state index contributed by atoms with van der Waals surface area (Å²) in [6.45, 7) is 4.73. The molecule has 0 radical (unpaired) electrons. The molecule has 0 spiro atoms. The summed E-state index contributed by atoms with van der Waals surface area (Å²) in [6, 6.07) is 10.7. The molecule has 1 heterocycles. The number of carbonyl (C=O) groups excluding carboxylic acids is 1. The third-order valence-electron chi connectivity index (χ3n) is 4.25. The minimum absolute atomic E-state index is 0.0925. The number of benzene rings is 2. The van der Waals surface area contributed by atoms with Crippen LogP contribution >= 0.6 is 0 Å². The van der Waals surface area contributed by atoms with Crippen molar-refractivity contribution in [3.8, 4) is 11.1 Å². The average molecular weight is 343 g/mol. The van der Waals surface area contributed by atoms with Gasteiger partial charge < -0.3 is 9.64 Å². The van der Waals surface area contributed by atoms with Gasteiger partial charge in [-0.25, -0.2) is 13.6 Å². The molecule has 1 atom stereocenters. The van der Waals surface area contributed by atoms with Crippen LogP contribution in [-0.2, 0) is 11.3 Å². The number of hydrogen-bond acceptors (Lipinski definition) is 2. The molecule has 0 aliphatic carbocycles. The molecule has 3 rings (SSSR count). The van der Waals surface area contributed by atoms with Crippen LogP contribution in [0.5, 0.6) is 0 Å². The zero-order chi connectivity index (χ0) is 17.8. The topological polar surface area (TPSA) is 29.5 Å². The lowest BCUT2D eigenvalue weighted by molar-refractivity contribution is 0.0240. The first-order chi connectivity index (χ1) is 12.1. The minimum Gasteiger partial charge on any atom is -0.446 e. The van der Waals surface area contributed by atoms with E-state index in [1.807, 2.05) is 12.1 Å². The molecular weight excluding hydrogens is 324 g/mol. The van der Waals surface area contributed by atoms with E-state index in [1.165, 1.54) is 12.1 Å². The molecule has 1 aliphatic rings. The Balaban J connectivity index is 1.67. The Morgan fingerprint density at radius 2 is 1.96 bits per heavy atom. The van der Waals surface area contributed by atoms with Gasteiger partial charge >= 0.3 is 6.09 Å². The molecule has 0 bridgehead atoms. The molecule has 2 aromatic rings. The Kier molecular flexibility index (Phi) is 5.12. The Labute approximate surface area is 145 Å². The SMILES string of the molecule is C=CCC1CCN(Cc2ccc(-c3ccc(F)cc3F)cc2)C(=O)O1. The number of halogens is 2. The molecule has 5 heteroatoms. The Hall–Kier alpha value is -2.69. The molecular formula is C20H19F2NO2. The van der Waals surface area contributed by atoms with Crippen LogP contribution < -0.4 is 0 Å². The fourth-order valence-corrected chi connectivity index (χ4v) is 2.90. The van der Waals surface area contributed by atoms with E-state index >= 15 is 0 Å². The van der Waals surface area contributed by atoms with Crippen LogP contribution in [0, 0.1) is 11.6 Å². The highest BCUT2D eigenvalue weighted by molar-refractivity contribution is 5.69. The molecule has 25 heavy (non-hydrogen) atoms. The van der Waals surface area contributed by atoms with Gasteiger partial charge in [0.2, 0.25) is 0 Å². The predicted octanol–water partition coefficient (Wildman–Crippen LogP) is 4.92. The van der Waals surface area contributed by atoms with E-state index in [-0.39, 0.29) is 12.2 Å². The van der Waals surface area contributed by atoms with E-state index < -0.39 is 11.6 Å². The first kappa shape index (κ1) is 17.1. The van der Waals surface area contributed by atoms with Gasteiger partial charge in [0.1, 0.15) is 17.7 Å². The summed E-state index contributed by atoms with van der Waals surface area (Å²) < 4.78 is 32.2. The number of cyclic esters (lactones) is 1. The molecule has 0 N–H and O–H groups in total. The third-order valence-corrected chi connectivity index (χ3v) is 4.25. The lowest BCUT2D eigenvalue weighted by Gasteiger charge is -2.31. The largest absolute Gasteiger partial charge is 0.446 e. The normalized spacial score (nSPS) is 17.3. The highest BCUT2D eigenvalue weighted by Crippen LogP contribution is 2.25. The molecule has 1 unspecified atom stereocenters. The molecule has 2 aromatic carbocycles. The standard InChI is InChI=1S/C20H19F2NO2/c1-2-3-17-10-11-23(20(24)25-17)13-14-4-6-15(7-5-14)18-9-8-16(21)12-19(18)22/h2,4-9,12,17H,1,3,10-11,13H2. The smallest absolute Gasteiger partial charge is 0.410 e. The molecule has 3 nitrogen and oxygen atoms in total. The highest BCUT2D eigenvalue weighted by atomic mass is 19.1. The molecule has 0 saturated carbocycles. The van der Waals surface area contributed by atoms with Crippen LogP contribution in [0.1, 0.15) is 18.4 Å². The van der Waals surface area contributed by atoms with Crippen molar-refractivity contribution >= 4 is 6.09 Å². The monoisotopic (exact) mass is 343 g/mol. The van der Waals surface area contributed by atoms with Crippen molar-refractivity contribution in [3.05, 3.63) is 72.3 Å². The van der Waals surface area contributed by atoms with Gasteiger partial charge in [-0.3, -0.25) is 0 Å². The lowest BCUT2D eigenvalue weighted by atomic mass is 10.0. The lowest BCUT2D eigenvalue weighted by Crippen LogP contribution is -2.41. The van der Waals surface area contributed by atoms with Crippen molar-refractivity contribution in [2.75, 3.05) is 6.54 Å². The van der Waals surface area contributed by atoms with Gasteiger partial charge in [-0.05, 0) is 23.3 Å². The quantitative estimate of drug-likeness (QED) is 0.721. The van der Waals surface area contributed by atoms with Crippen molar-refractivity contribution in [2.45, 2.75) is 25.5 Å². The van der Waals surface area contributed by atoms with Crippen LogP contribution in [0.15, 0.2) is 55.1 Å². The fourth-order valence-electron chi connectivity index (χ4n) is 2.90. The van der Waals surface area contributed by atoms with Crippen LogP contribution in [0.25, 0.3) is 11.1 Å².